The molecule has 2 aliphatic rings. The largest absolute Gasteiger partial charge is 0.494 e. The van der Waals surface area contributed by atoms with E-state index >= 15 is 0 Å². The van der Waals surface area contributed by atoms with Gasteiger partial charge in [0.05, 0.1) is 23.4 Å². The molecule has 0 bridgehead atoms. The maximum Gasteiger partial charge on any atom is 0.417 e. The van der Waals surface area contributed by atoms with Crippen LogP contribution < -0.4 is 4.74 Å². The molecule has 0 radical (unpaired) electrons. The highest BCUT2D eigenvalue weighted by Gasteiger charge is 2.34. The fraction of sp³-hybridized carbons (Fsp3) is 0.226. The van der Waals surface area contributed by atoms with E-state index in [1.54, 1.807) is 48.8 Å². The molecule has 3 aromatic carbocycles. The Labute approximate surface area is 228 Å². The predicted octanol–water partition coefficient (Wildman–Crippen LogP) is 8.49. The standard InChI is InChI=1S/C31H26F5N3O/c1-19(2)13-15-40-22-10-11-23(25(16-22)31(34,35)36)21-8-6-20(7-9-21)17-39-14-12-27-28(18-39)38-30(37-27)24-4-3-5-26(32)29(24)33/h3-12,14,16,18-19H,13,15,17H2,1-2H3. The summed E-state index contributed by atoms with van der Waals surface area (Å²) in [5.41, 5.74) is 1.63. The lowest BCUT2D eigenvalue weighted by molar-refractivity contribution is -0.137. The van der Waals surface area contributed by atoms with Crippen LogP contribution in [0.3, 0.4) is 0 Å². The minimum absolute atomic E-state index is 0.0216. The summed E-state index contributed by atoms with van der Waals surface area (Å²) in [5.74, 6) is -1.31. The van der Waals surface area contributed by atoms with E-state index in [0.717, 1.165) is 24.1 Å². The Bertz CT molecular complexity index is 1590. The molecule has 0 saturated heterocycles. The monoisotopic (exact) mass is 551 g/mol. The number of imidazole rings is 1. The van der Waals surface area contributed by atoms with Crippen LogP contribution in [0, 0.1) is 17.6 Å². The van der Waals surface area contributed by atoms with Gasteiger partial charge in [0, 0.05) is 18.9 Å². The van der Waals surface area contributed by atoms with Crippen molar-refractivity contribution in [3.05, 3.63) is 102 Å². The summed E-state index contributed by atoms with van der Waals surface area (Å²) in [6.45, 7) is 4.82. The molecule has 0 spiro atoms. The van der Waals surface area contributed by atoms with Crippen molar-refractivity contribution in [3.63, 3.8) is 0 Å². The van der Waals surface area contributed by atoms with Gasteiger partial charge in [-0.25, -0.2) is 18.7 Å². The summed E-state index contributed by atoms with van der Waals surface area (Å²) in [5, 5.41) is 0. The number of fused-ring (bicyclic) bond motifs is 1. The fourth-order valence-electron chi connectivity index (χ4n) is 4.36. The molecule has 40 heavy (non-hydrogen) atoms. The first kappa shape index (κ1) is 27.3. The third-order valence-electron chi connectivity index (χ3n) is 6.51. The first-order valence-corrected chi connectivity index (χ1v) is 12.8. The van der Waals surface area contributed by atoms with E-state index in [4.69, 9.17) is 4.74 Å². The lowest BCUT2D eigenvalue weighted by Gasteiger charge is -2.16. The number of ether oxygens (including phenoxy) is 1. The van der Waals surface area contributed by atoms with Crippen molar-refractivity contribution in [2.75, 3.05) is 6.61 Å². The Morgan fingerprint density at radius 1 is 0.875 bits per heavy atom. The molecule has 0 N–H and O–H groups in total. The van der Waals surface area contributed by atoms with Gasteiger partial charge in [0.25, 0.3) is 0 Å². The molecule has 0 saturated carbocycles. The second kappa shape index (κ2) is 11.1. The molecule has 0 amide bonds. The highest BCUT2D eigenvalue weighted by atomic mass is 19.4. The van der Waals surface area contributed by atoms with Crippen LogP contribution in [0.2, 0.25) is 0 Å². The Kier molecular flexibility index (Phi) is 7.56. The van der Waals surface area contributed by atoms with Crippen molar-refractivity contribution in [2.24, 2.45) is 5.92 Å². The van der Waals surface area contributed by atoms with Gasteiger partial charge in [0.1, 0.15) is 11.4 Å². The number of alkyl halides is 3. The summed E-state index contributed by atoms with van der Waals surface area (Å²) < 4.78 is 76.9. The smallest absolute Gasteiger partial charge is 0.417 e. The van der Waals surface area contributed by atoms with Gasteiger partial charge in [-0.1, -0.05) is 50.2 Å². The van der Waals surface area contributed by atoms with Crippen molar-refractivity contribution >= 4 is 0 Å². The van der Waals surface area contributed by atoms with Crippen LogP contribution in [0.15, 0.2) is 79.1 Å². The zero-order valence-electron chi connectivity index (χ0n) is 21.8. The number of hydrogen-bond acceptors (Lipinski definition) is 3. The summed E-state index contributed by atoms with van der Waals surface area (Å²) in [4.78, 5) is 8.66. The molecular formula is C31H26F5N3O. The molecule has 0 fully saturated rings. The molecule has 2 aliphatic heterocycles. The Balaban J connectivity index is 1.35. The van der Waals surface area contributed by atoms with E-state index < -0.39 is 23.4 Å². The van der Waals surface area contributed by atoms with Crippen molar-refractivity contribution in [3.8, 4) is 39.7 Å². The Morgan fingerprint density at radius 3 is 2.35 bits per heavy atom. The molecule has 0 aliphatic carbocycles. The van der Waals surface area contributed by atoms with Gasteiger partial charge in [-0.3, -0.25) is 0 Å². The first-order chi connectivity index (χ1) is 19.1. The Hall–Kier alpha value is -4.27. The predicted molar refractivity (Wildman–Crippen MR) is 143 cm³/mol. The first-order valence-electron chi connectivity index (χ1n) is 12.8. The van der Waals surface area contributed by atoms with Crippen LogP contribution in [0.1, 0.15) is 31.4 Å². The third-order valence-corrected chi connectivity index (χ3v) is 6.51. The molecule has 9 heteroatoms. The highest BCUT2D eigenvalue weighted by Crippen LogP contribution is 2.39. The van der Waals surface area contributed by atoms with Crippen molar-refractivity contribution in [1.29, 1.82) is 0 Å². The van der Waals surface area contributed by atoms with Crippen LogP contribution in [0.4, 0.5) is 22.0 Å². The molecule has 4 nitrogen and oxygen atoms in total. The van der Waals surface area contributed by atoms with E-state index in [0.29, 0.717) is 36.0 Å². The van der Waals surface area contributed by atoms with Gasteiger partial charge in [-0.05, 0) is 59.4 Å². The van der Waals surface area contributed by atoms with Crippen molar-refractivity contribution in [2.45, 2.75) is 33.0 Å². The lowest BCUT2D eigenvalue weighted by atomic mass is 9.98. The minimum atomic E-state index is -4.54. The van der Waals surface area contributed by atoms with Crippen molar-refractivity contribution < 1.29 is 26.7 Å². The highest BCUT2D eigenvalue weighted by molar-refractivity contribution is 5.70. The third kappa shape index (κ3) is 5.98. The van der Waals surface area contributed by atoms with E-state index in [9.17, 15) is 22.0 Å². The lowest BCUT2D eigenvalue weighted by Crippen LogP contribution is -2.09. The van der Waals surface area contributed by atoms with E-state index in [2.05, 4.69) is 9.97 Å². The van der Waals surface area contributed by atoms with Crippen LogP contribution in [-0.2, 0) is 12.7 Å². The number of aromatic nitrogens is 3. The molecule has 206 valence electrons. The molecule has 2 heterocycles. The van der Waals surface area contributed by atoms with Gasteiger partial charge in [-0.15, -0.1) is 0 Å². The molecular weight excluding hydrogens is 525 g/mol. The van der Waals surface area contributed by atoms with Crippen molar-refractivity contribution in [1.82, 2.24) is 14.5 Å². The second-order valence-corrected chi connectivity index (χ2v) is 9.97. The van der Waals surface area contributed by atoms with E-state index in [-0.39, 0.29) is 22.7 Å². The summed E-state index contributed by atoms with van der Waals surface area (Å²) in [6.07, 6.45) is -0.279. The van der Waals surface area contributed by atoms with Gasteiger partial charge >= 0.3 is 6.18 Å². The average Bonchev–Trinajstić information content (AvgIpc) is 3.33. The molecule has 0 atom stereocenters. The van der Waals surface area contributed by atoms with Gasteiger partial charge in [0.2, 0.25) is 0 Å². The minimum Gasteiger partial charge on any atom is -0.494 e. The normalized spacial score (nSPS) is 11.9. The summed E-state index contributed by atoms with van der Waals surface area (Å²) in [6, 6.07) is 16.5. The van der Waals surface area contributed by atoms with E-state index in [1.807, 2.05) is 18.4 Å². The second-order valence-electron chi connectivity index (χ2n) is 9.97. The molecule has 3 aromatic rings. The van der Waals surface area contributed by atoms with Crippen LogP contribution in [0.25, 0.3) is 33.9 Å². The van der Waals surface area contributed by atoms with Crippen LogP contribution in [0.5, 0.6) is 5.75 Å². The SMILES string of the molecule is CC(C)CCOc1ccc(-c2ccc(Cn3ccc4nc(-c5cccc(F)c5F)nc-4c3)cc2)c(C(F)(F)F)c1. The number of nitrogens with zero attached hydrogens (tertiary/aromatic N) is 3. The summed E-state index contributed by atoms with van der Waals surface area (Å²) >= 11 is 0. The number of hydrogen-bond donors (Lipinski definition) is 0. The van der Waals surface area contributed by atoms with Gasteiger partial charge < -0.3 is 9.30 Å². The molecule has 5 rings (SSSR count). The maximum absolute atomic E-state index is 14.2. The summed E-state index contributed by atoms with van der Waals surface area (Å²) in [7, 11) is 0. The van der Waals surface area contributed by atoms with Crippen LogP contribution in [-0.4, -0.2) is 21.1 Å². The van der Waals surface area contributed by atoms with Crippen LogP contribution >= 0.6 is 0 Å². The number of halogens is 5. The van der Waals surface area contributed by atoms with Gasteiger partial charge in [-0.2, -0.15) is 13.2 Å². The zero-order chi connectivity index (χ0) is 28.4. The quantitative estimate of drug-likeness (QED) is 0.182. The molecule has 0 unspecified atom stereocenters. The number of rotatable bonds is 8. The van der Waals surface area contributed by atoms with Gasteiger partial charge in [0.15, 0.2) is 17.5 Å². The molecule has 0 aromatic heterocycles. The average molecular weight is 552 g/mol. The topological polar surface area (TPSA) is 39.9 Å². The maximum atomic E-state index is 14.2. The van der Waals surface area contributed by atoms with E-state index in [1.165, 1.54) is 18.2 Å². The number of benzene rings is 3. The fourth-order valence-corrected chi connectivity index (χ4v) is 4.36. The Morgan fingerprint density at radius 2 is 1.62 bits per heavy atom. The zero-order valence-corrected chi connectivity index (χ0v) is 21.8. The number of pyridine rings is 1.